The van der Waals surface area contributed by atoms with Gasteiger partial charge in [-0.05, 0) is 44.2 Å². The Morgan fingerprint density at radius 1 is 1.13 bits per heavy atom. The van der Waals surface area contributed by atoms with Crippen molar-refractivity contribution in [2.24, 2.45) is 4.99 Å². The molecule has 0 bridgehead atoms. The molecule has 1 aliphatic heterocycles. The van der Waals surface area contributed by atoms with Crippen LogP contribution < -0.4 is 19.6 Å². The monoisotopic (exact) mass is 544 g/mol. The van der Waals surface area contributed by atoms with Crippen LogP contribution in [0.25, 0.3) is 17.4 Å². The molecule has 9 nitrogen and oxygen atoms in total. The number of ether oxygens (including phenoxy) is 2. The van der Waals surface area contributed by atoms with Crippen molar-refractivity contribution in [1.82, 2.24) is 4.57 Å². The van der Waals surface area contributed by atoms with E-state index in [2.05, 4.69) is 4.99 Å². The summed E-state index contributed by atoms with van der Waals surface area (Å²) in [6.45, 7) is 3.62. The molecule has 0 unspecified atom stereocenters. The number of esters is 1. The summed E-state index contributed by atoms with van der Waals surface area (Å²) in [5.74, 6) is -0.0670. The number of rotatable bonds is 7. The number of fused-ring (bicyclic) bond motifs is 1. The number of aromatic nitrogens is 1. The minimum atomic E-state index is -1.01. The van der Waals surface area contributed by atoms with Gasteiger partial charge in [0.25, 0.3) is 5.56 Å². The van der Waals surface area contributed by atoms with Gasteiger partial charge < -0.3 is 19.0 Å². The van der Waals surface area contributed by atoms with E-state index in [-0.39, 0.29) is 23.3 Å². The van der Waals surface area contributed by atoms with Gasteiger partial charge >= 0.3 is 11.9 Å². The second kappa shape index (κ2) is 10.6. The lowest BCUT2D eigenvalue weighted by Gasteiger charge is -2.25. The Labute approximate surface area is 226 Å². The van der Waals surface area contributed by atoms with Crippen molar-refractivity contribution in [1.29, 1.82) is 0 Å². The largest absolute Gasteiger partial charge is 0.496 e. The van der Waals surface area contributed by atoms with Crippen LogP contribution in [0.3, 0.4) is 0 Å². The van der Waals surface area contributed by atoms with Crippen LogP contribution >= 0.6 is 11.3 Å². The van der Waals surface area contributed by atoms with E-state index in [1.54, 1.807) is 50.3 Å². The van der Waals surface area contributed by atoms with Crippen LogP contribution in [0.15, 0.2) is 86.1 Å². The number of carbonyl (C=O) groups is 2. The first kappa shape index (κ1) is 25.9. The van der Waals surface area contributed by atoms with Crippen molar-refractivity contribution < 1.29 is 28.6 Å². The van der Waals surface area contributed by atoms with Crippen molar-refractivity contribution in [3.8, 4) is 17.1 Å². The number of methoxy groups -OCH3 is 1. The van der Waals surface area contributed by atoms with E-state index in [0.29, 0.717) is 43.4 Å². The van der Waals surface area contributed by atoms with E-state index in [1.165, 1.54) is 35.1 Å². The molecule has 0 saturated carbocycles. The van der Waals surface area contributed by atoms with Gasteiger partial charge in [0.1, 0.15) is 23.3 Å². The minimum absolute atomic E-state index is 0.175. The molecule has 4 aromatic rings. The fourth-order valence-corrected chi connectivity index (χ4v) is 5.50. The Hall–Kier alpha value is -4.70. The smallest absolute Gasteiger partial charge is 0.338 e. The van der Waals surface area contributed by atoms with Crippen LogP contribution in [0.2, 0.25) is 0 Å². The summed E-state index contributed by atoms with van der Waals surface area (Å²) in [5.41, 5.74) is 1.90. The van der Waals surface area contributed by atoms with Crippen LogP contribution in [0.5, 0.6) is 5.75 Å². The zero-order valence-electron chi connectivity index (χ0n) is 21.3. The maximum absolute atomic E-state index is 13.8. The van der Waals surface area contributed by atoms with Crippen LogP contribution in [0.1, 0.15) is 41.6 Å². The van der Waals surface area contributed by atoms with Crippen molar-refractivity contribution >= 4 is 29.4 Å². The number of aromatic carboxylic acids is 1. The molecule has 1 aliphatic rings. The van der Waals surface area contributed by atoms with Crippen molar-refractivity contribution in [3.63, 3.8) is 0 Å². The number of hydrogen-bond donors (Lipinski definition) is 1. The third-order valence-electron chi connectivity index (χ3n) is 6.27. The zero-order chi connectivity index (χ0) is 27.7. The third-order valence-corrected chi connectivity index (χ3v) is 7.25. The molecule has 0 spiro atoms. The molecular weight excluding hydrogens is 520 g/mol. The van der Waals surface area contributed by atoms with Crippen LogP contribution in [0, 0.1) is 0 Å². The van der Waals surface area contributed by atoms with Gasteiger partial charge in [-0.3, -0.25) is 9.36 Å². The molecule has 3 heterocycles. The van der Waals surface area contributed by atoms with E-state index in [4.69, 9.17) is 19.0 Å². The predicted molar refractivity (Wildman–Crippen MR) is 144 cm³/mol. The fraction of sp³-hybridized carbons (Fsp3) is 0.172. The zero-order valence-corrected chi connectivity index (χ0v) is 22.2. The molecule has 0 radical (unpaired) electrons. The number of furan rings is 1. The number of carbonyl (C=O) groups excluding carboxylic acids is 1. The van der Waals surface area contributed by atoms with E-state index in [1.807, 2.05) is 18.2 Å². The quantitative estimate of drug-likeness (QED) is 0.352. The topological polar surface area (TPSA) is 120 Å². The van der Waals surface area contributed by atoms with Gasteiger partial charge in [0, 0.05) is 17.2 Å². The highest BCUT2D eigenvalue weighted by molar-refractivity contribution is 7.07. The molecule has 0 fully saturated rings. The molecule has 1 N–H and O–H groups in total. The van der Waals surface area contributed by atoms with Gasteiger partial charge in [0.2, 0.25) is 0 Å². The normalized spacial score (nSPS) is 15.1. The first-order valence-corrected chi connectivity index (χ1v) is 12.9. The highest BCUT2D eigenvalue weighted by Crippen LogP contribution is 2.35. The predicted octanol–water partition coefficient (Wildman–Crippen LogP) is 3.77. The molecule has 39 heavy (non-hydrogen) atoms. The number of benzene rings is 2. The Balaban J connectivity index is 1.62. The summed E-state index contributed by atoms with van der Waals surface area (Å²) in [4.78, 5) is 43.0. The van der Waals surface area contributed by atoms with Gasteiger partial charge in [-0.2, -0.15) is 0 Å². The maximum Gasteiger partial charge on any atom is 0.338 e. The maximum atomic E-state index is 13.8. The summed E-state index contributed by atoms with van der Waals surface area (Å²) in [5, 5.41) is 9.12. The summed E-state index contributed by atoms with van der Waals surface area (Å²) in [6, 6.07) is 16.2. The summed E-state index contributed by atoms with van der Waals surface area (Å²) in [6.07, 6.45) is 1.63. The van der Waals surface area contributed by atoms with Crippen LogP contribution in [-0.4, -0.2) is 35.3 Å². The summed E-state index contributed by atoms with van der Waals surface area (Å²) >= 11 is 1.19. The van der Waals surface area contributed by atoms with Crippen molar-refractivity contribution in [2.75, 3.05) is 13.7 Å². The number of thiazole rings is 1. The molecule has 5 rings (SSSR count). The van der Waals surface area contributed by atoms with Gasteiger partial charge in [-0.1, -0.05) is 41.7 Å². The second-order valence-electron chi connectivity index (χ2n) is 8.63. The first-order chi connectivity index (χ1) is 18.8. The first-order valence-electron chi connectivity index (χ1n) is 12.1. The molecule has 198 valence electrons. The third kappa shape index (κ3) is 4.82. The molecule has 10 heteroatoms. The van der Waals surface area contributed by atoms with Gasteiger partial charge in [-0.25, -0.2) is 14.6 Å². The molecule has 0 saturated heterocycles. The van der Waals surface area contributed by atoms with Crippen molar-refractivity contribution in [3.05, 3.63) is 109 Å². The van der Waals surface area contributed by atoms with Crippen LogP contribution in [0.4, 0.5) is 0 Å². The highest BCUT2D eigenvalue weighted by atomic mass is 32.1. The van der Waals surface area contributed by atoms with E-state index in [0.717, 1.165) is 0 Å². The lowest BCUT2D eigenvalue weighted by molar-refractivity contribution is -0.139. The second-order valence-corrected chi connectivity index (χ2v) is 9.64. The molecule has 2 aromatic heterocycles. The Morgan fingerprint density at radius 3 is 2.56 bits per heavy atom. The standard InChI is InChI=1S/C29H24N2O7S/c1-4-37-28(35)24-16(2)30-29-31(25(24)20-7-5-6-8-22(20)36-3)26(32)23(39-29)15-19-13-14-21(38-19)17-9-11-18(12-10-17)27(33)34/h5-15,25H,4H2,1-3H3,(H,33,34)/b23-15-/t25-/m1/s1. The molecule has 1 atom stereocenters. The average molecular weight is 545 g/mol. The number of allylic oxidation sites excluding steroid dienone is 1. The van der Waals surface area contributed by atoms with E-state index < -0.39 is 18.0 Å². The number of para-hydroxylation sites is 1. The highest BCUT2D eigenvalue weighted by Gasteiger charge is 2.35. The Bertz CT molecular complexity index is 1790. The Morgan fingerprint density at radius 2 is 1.87 bits per heavy atom. The lowest BCUT2D eigenvalue weighted by Crippen LogP contribution is -2.40. The van der Waals surface area contributed by atoms with E-state index in [9.17, 15) is 14.4 Å². The minimum Gasteiger partial charge on any atom is -0.496 e. The fourth-order valence-electron chi connectivity index (χ4n) is 4.47. The van der Waals surface area contributed by atoms with Gasteiger partial charge in [0.15, 0.2) is 4.80 Å². The average Bonchev–Trinajstić information content (AvgIpc) is 3.52. The SMILES string of the molecule is CCOC(=O)C1=C(C)N=c2s/c(=C\c3ccc(-c4ccc(C(=O)O)cc4)o3)c(=O)n2[C@@H]1c1ccccc1OC. The van der Waals surface area contributed by atoms with E-state index >= 15 is 0 Å². The van der Waals surface area contributed by atoms with Gasteiger partial charge in [0.05, 0.1) is 35.1 Å². The molecular formula is C29H24N2O7S. The molecule has 0 amide bonds. The van der Waals surface area contributed by atoms with Crippen LogP contribution in [-0.2, 0) is 9.53 Å². The van der Waals surface area contributed by atoms with Crippen molar-refractivity contribution in [2.45, 2.75) is 19.9 Å². The molecule has 0 aliphatic carbocycles. The molecule has 2 aromatic carbocycles. The number of carboxylic acids is 1. The number of nitrogens with zero attached hydrogens (tertiary/aromatic N) is 2. The number of hydrogen-bond acceptors (Lipinski definition) is 8. The summed E-state index contributed by atoms with van der Waals surface area (Å²) < 4.78 is 18.7. The Kier molecular flexibility index (Phi) is 7.03. The summed E-state index contributed by atoms with van der Waals surface area (Å²) in [7, 11) is 1.53. The lowest BCUT2D eigenvalue weighted by atomic mass is 9.95. The number of carboxylic acid groups (broad SMARTS) is 1. The van der Waals surface area contributed by atoms with Gasteiger partial charge in [-0.15, -0.1) is 0 Å².